The van der Waals surface area contributed by atoms with E-state index >= 15 is 0 Å². The van der Waals surface area contributed by atoms with Crippen LogP contribution >= 0.6 is 11.3 Å². The molecule has 22 heavy (non-hydrogen) atoms. The van der Waals surface area contributed by atoms with E-state index in [0.29, 0.717) is 6.54 Å². The van der Waals surface area contributed by atoms with Crippen LogP contribution in [0.1, 0.15) is 41.8 Å². The number of likely N-dealkylation sites (tertiary alicyclic amines) is 1. The summed E-state index contributed by atoms with van der Waals surface area (Å²) in [5.74, 6) is 0.00919. The maximum absolute atomic E-state index is 12.6. The standard InChI is InChI=1S/C16H23N3O2S/c20-15(18-12-5-3-8-17-11-12)13-6-1-2-9-19(13)16(21)14-7-4-10-22-14/h4,7,10,12-13,17H,1-3,5-6,8-9,11H2,(H,18,20)/t12-,13?/m0/s1. The van der Waals surface area contributed by atoms with E-state index in [1.165, 1.54) is 11.3 Å². The van der Waals surface area contributed by atoms with Crippen LogP contribution in [0.5, 0.6) is 0 Å². The molecule has 5 nitrogen and oxygen atoms in total. The van der Waals surface area contributed by atoms with E-state index in [1.54, 1.807) is 4.90 Å². The number of carbonyl (C=O) groups excluding carboxylic acids is 2. The Labute approximate surface area is 135 Å². The fraction of sp³-hybridized carbons (Fsp3) is 0.625. The summed E-state index contributed by atoms with van der Waals surface area (Å²) in [6, 6.07) is 3.60. The third-order valence-corrected chi connectivity index (χ3v) is 5.30. The Balaban J connectivity index is 1.66. The van der Waals surface area contributed by atoms with E-state index in [4.69, 9.17) is 0 Å². The molecular formula is C16H23N3O2S. The van der Waals surface area contributed by atoms with Crippen molar-refractivity contribution in [2.75, 3.05) is 19.6 Å². The van der Waals surface area contributed by atoms with Gasteiger partial charge in [0.25, 0.3) is 5.91 Å². The van der Waals surface area contributed by atoms with Crippen molar-refractivity contribution in [2.24, 2.45) is 0 Å². The van der Waals surface area contributed by atoms with Gasteiger partial charge in [0.15, 0.2) is 0 Å². The average Bonchev–Trinajstić information content (AvgIpc) is 3.09. The van der Waals surface area contributed by atoms with E-state index in [2.05, 4.69) is 10.6 Å². The van der Waals surface area contributed by atoms with Gasteiger partial charge in [-0.1, -0.05) is 6.07 Å². The van der Waals surface area contributed by atoms with Crippen molar-refractivity contribution < 1.29 is 9.59 Å². The Hall–Kier alpha value is -1.40. The van der Waals surface area contributed by atoms with Crippen molar-refractivity contribution in [3.8, 4) is 0 Å². The highest BCUT2D eigenvalue weighted by molar-refractivity contribution is 7.12. The number of nitrogens with zero attached hydrogens (tertiary/aromatic N) is 1. The second-order valence-electron chi connectivity index (χ2n) is 6.04. The van der Waals surface area contributed by atoms with E-state index < -0.39 is 0 Å². The lowest BCUT2D eigenvalue weighted by molar-refractivity contribution is -0.127. The molecule has 2 atom stereocenters. The first-order valence-electron chi connectivity index (χ1n) is 8.11. The van der Waals surface area contributed by atoms with Gasteiger partial charge >= 0.3 is 0 Å². The molecule has 2 N–H and O–H groups in total. The molecule has 3 rings (SSSR count). The van der Waals surface area contributed by atoms with Crippen molar-refractivity contribution in [3.05, 3.63) is 22.4 Å². The number of thiophene rings is 1. The van der Waals surface area contributed by atoms with Crippen molar-refractivity contribution in [3.63, 3.8) is 0 Å². The molecule has 0 aromatic carbocycles. The van der Waals surface area contributed by atoms with Crippen molar-refractivity contribution in [1.29, 1.82) is 0 Å². The monoisotopic (exact) mass is 321 g/mol. The number of hydrogen-bond acceptors (Lipinski definition) is 4. The molecule has 0 radical (unpaired) electrons. The molecule has 6 heteroatoms. The Morgan fingerprint density at radius 3 is 2.91 bits per heavy atom. The van der Waals surface area contributed by atoms with Crippen LogP contribution in [-0.2, 0) is 4.79 Å². The molecule has 1 aromatic heterocycles. The van der Waals surface area contributed by atoms with Crippen LogP contribution in [-0.4, -0.2) is 48.4 Å². The first-order chi connectivity index (χ1) is 10.8. The van der Waals surface area contributed by atoms with Crippen LogP contribution in [0.3, 0.4) is 0 Å². The summed E-state index contributed by atoms with van der Waals surface area (Å²) in [6.45, 7) is 2.54. The second kappa shape index (κ2) is 7.24. The van der Waals surface area contributed by atoms with Crippen LogP contribution in [0.2, 0.25) is 0 Å². The third-order valence-electron chi connectivity index (χ3n) is 4.44. The van der Waals surface area contributed by atoms with E-state index in [1.807, 2.05) is 17.5 Å². The lowest BCUT2D eigenvalue weighted by Gasteiger charge is -2.36. The molecule has 1 aromatic rings. The Morgan fingerprint density at radius 1 is 1.27 bits per heavy atom. The Kier molecular flexibility index (Phi) is 5.10. The summed E-state index contributed by atoms with van der Waals surface area (Å²) in [5.41, 5.74) is 0. The second-order valence-corrected chi connectivity index (χ2v) is 6.99. The molecule has 0 aliphatic carbocycles. The van der Waals surface area contributed by atoms with Gasteiger partial charge in [0.05, 0.1) is 4.88 Å². The van der Waals surface area contributed by atoms with Gasteiger partial charge in [-0.05, 0) is 50.1 Å². The lowest BCUT2D eigenvalue weighted by Crippen LogP contribution is -2.55. The quantitative estimate of drug-likeness (QED) is 0.889. The van der Waals surface area contributed by atoms with Gasteiger partial charge in [-0.2, -0.15) is 0 Å². The SMILES string of the molecule is O=C(N[C@H]1CCCNC1)C1CCCCN1C(=O)c1cccs1. The predicted octanol–water partition coefficient (Wildman–Crippen LogP) is 1.61. The first kappa shape index (κ1) is 15.5. The third kappa shape index (κ3) is 3.50. The van der Waals surface area contributed by atoms with Gasteiger partial charge in [-0.15, -0.1) is 11.3 Å². The fourth-order valence-electron chi connectivity index (χ4n) is 3.26. The number of piperidine rings is 2. The number of amides is 2. The molecule has 0 spiro atoms. The minimum atomic E-state index is -0.315. The fourth-order valence-corrected chi connectivity index (χ4v) is 3.94. The van der Waals surface area contributed by atoms with Crippen LogP contribution in [0.15, 0.2) is 17.5 Å². The molecule has 2 amide bonds. The smallest absolute Gasteiger partial charge is 0.264 e. The van der Waals surface area contributed by atoms with Crippen molar-refractivity contribution >= 4 is 23.2 Å². The summed E-state index contributed by atoms with van der Waals surface area (Å²) in [5, 5.41) is 8.34. The Morgan fingerprint density at radius 2 is 2.18 bits per heavy atom. The zero-order chi connectivity index (χ0) is 15.4. The van der Waals surface area contributed by atoms with Gasteiger partial charge in [0, 0.05) is 19.1 Å². The molecule has 0 bridgehead atoms. The summed E-state index contributed by atoms with van der Waals surface area (Å²) >= 11 is 1.44. The highest BCUT2D eigenvalue weighted by atomic mass is 32.1. The summed E-state index contributed by atoms with van der Waals surface area (Å²) < 4.78 is 0. The zero-order valence-corrected chi connectivity index (χ0v) is 13.5. The number of carbonyl (C=O) groups is 2. The first-order valence-corrected chi connectivity index (χ1v) is 8.99. The molecule has 2 fully saturated rings. The van der Waals surface area contributed by atoms with Gasteiger partial charge < -0.3 is 15.5 Å². The molecule has 120 valence electrons. The maximum atomic E-state index is 12.6. The van der Waals surface area contributed by atoms with E-state index in [0.717, 1.165) is 50.1 Å². The normalized spacial score (nSPS) is 25.7. The number of nitrogens with one attached hydrogen (secondary N) is 2. The highest BCUT2D eigenvalue weighted by Crippen LogP contribution is 2.22. The summed E-state index contributed by atoms with van der Waals surface area (Å²) in [7, 11) is 0. The highest BCUT2D eigenvalue weighted by Gasteiger charge is 2.33. The van der Waals surface area contributed by atoms with Crippen LogP contribution in [0.4, 0.5) is 0 Å². The van der Waals surface area contributed by atoms with Crippen molar-refractivity contribution in [1.82, 2.24) is 15.5 Å². The Bertz CT molecular complexity index is 511. The molecular weight excluding hydrogens is 298 g/mol. The van der Waals surface area contributed by atoms with Crippen LogP contribution in [0.25, 0.3) is 0 Å². The van der Waals surface area contributed by atoms with Gasteiger partial charge in [0.2, 0.25) is 5.91 Å². The lowest BCUT2D eigenvalue weighted by atomic mass is 10.00. The minimum Gasteiger partial charge on any atom is -0.350 e. The zero-order valence-electron chi connectivity index (χ0n) is 12.7. The maximum Gasteiger partial charge on any atom is 0.264 e. The largest absolute Gasteiger partial charge is 0.350 e. The average molecular weight is 321 g/mol. The van der Waals surface area contributed by atoms with Gasteiger partial charge in [-0.25, -0.2) is 0 Å². The molecule has 0 saturated carbocycles. The van der Waals surface area contributed by atoms with Gasteiger partial charge in [-0.3, -0.25) is 9.59 Å². The molecule has 2 saturated heterocycles. The van der Waals surface area contributed by atoms with E-state index in [9.17, 15) is 9.59 Å². The van der Waals surface area contributed by atoms with E-state index in [-0.39, 0.29) is 23.9 Å². The predicted molar refractivity (Wildman–Crippen MR) is 87.0 cm³/mol. The summed E-state index contributed by atoms with van der Waals surface area (Å²) in [6.07, 6.45) is 4.86. The van der Waals surface area contributed by atoms with Crippen molar-refractivity contribution in [2.45, 2.75) is 44.2 Å². The minimum absolute atomic E-state index is 0.00313. The molecule has 2 aliphatic rings. The molecule has 2 aliphatic heterocycles. The molecule has 1 unspecified atom stereocenters. The number of rotatable bonds is 3. The number of hydrogen-bond donors (Lipinski definition) is 2. The van der Waals surface area contributed by atoms with Crippen LogP contribution in [0, 0.1) is 0 Å². The summed E-state index contributed by atoms with van der Waals surface area (Å²) in [4.78, 5) is 27.7. The molecule has 3 heterocycles. The topological polar surface area (TPSA) is 61.4 Å². The van der Waals surface area contributed by atoms with Crippen LogP contribution < -0.4 is 10.6 Å². The van der Waals surface area contributed by atoms with Gasteiger partial charge in [0.1, 0.15) is 6.04 Å².